The molecule has 0 aliphatic heterocycles. The van der Waals surface area contributed by atoms with E-state index in [1.165, 1.54) is 6.92 Å². The summed E-state index contributed by atoms with van der Waals surface area (Å²) >= 11 is 0. The van der Waals surface area contributed by atoms with Crippen molar-refractivity contribution in [2.24, 2.45) is 0 Å². The van der Waals surface area contributed by atoms with Gasteiger partial charge in [0, 0.05) is 6.54 Å². The minimum Gasteiger partial charge on any atom is -0.481 e. The van der Waals surface area contributed by atoms with E-state index in [2.05, 4.69) is 11.9 Å². The second-order valence-electron chi connectivity index (χ2n) is 5.18. The van der Waals surface area contributed by atoms with E-state index in [9.17, 15) is 9.59 Å². The molecule has 0 aliphatic carbocycles. The van der Waals surface area contributed by atoms with Gasteiger partial charge >= 0.3 is 5.97 Å². The molecule has 120 valence electrons. The van der Waals surface area contributed by atoms with Crippen LogP contribution in [0.5, 0.6) is 5.75 Å². The van der Waals surface area contributed by atoms with Crippen LogP contribution < -0.4 is 10.1 Å². The van der Waals surface area contributed by atoms with Crippen LogP contribution in [0.3, 0.4) is 0 Å². The first-order valence-corrected chi connectivity index (χ1v) is 7.14. The molecule has 5 heteroatoms. The van der Waals surface area contributed by atoms with Crippen LogP contribution in [-0.2, 0) is 14.3 Å². The molecule has 1 rings (SSSR count). The van der Waals surface area contributed by atoms with Crippen molar-refractivity contribution in [1.29, 1.82) is 0 Å². The number of hydrogen-bond acceptors (Lipinski definition) is 4. The fraction of sp³-hybridized carbons (Fsp3) is 0.412. The number of amides is 1. The number of esters is 1. The number of carbonyl (C=O) groups is 2. The first-order valence-electron chi connectivity index (χ1n) is 7.14. The van der Waals surface area contributed by atoms with Gasteiger partial charge in [-0.2, -0.15) is 0 Å². The highest BCUT2D eigenvalue weighted by Crippen LogP contribution is 2.24. The molecular formula is C17H23NO4. The van der Waals surface area contributed by atoms with Crippen LogP contribution in [0.2, 0.25) is 0 Å². The third-order valence-electron chi connectivity index (χ3n) is 3.04. The van der Waals surface area contributed by atoms with Crippen molar-refractivity contribution < 1.29 is 19.1 Å². The molecule has 0 unspecified atom stereocenters. The lowest BCUT2D eigenvalue weighted by molar-refractivity contribution is -0.156. The quantitative estimate of drug-likeness (QED) is 0.620. The zero-order valence-electron chi connectivity index (χ0n) is 13.6. The Morgan fingerprint density at radius 3 is 2.41 bits per heavy atom. The Morgan fingerprint density at radius 2 is 1.86 bits per heavy atom. The number of hydrogen-bond donors (Lipinski definition) is 1. The van der Waals surface area contributed by atoms with Gasteiger partial charge in [0.2, 0.25) is 0 Å². The Morgan fingerprint density at radius 1 is 1.27 bits per heavy atom. The number of ether oxygens (including phenoxy) is 2. The monoisotopic (exact) mass is 305 g/mol. The lowest BCUT2D eigenvalue weighted by Gasteiger charge is -2.15. The van der Waals surface area contributed by atoms with Gasteiger partial charge in [0.1, 0.15) is 5.75 Å². The molecule has 5 nitrogen and oxygen atoms in total. The van der Waals surface area contributed by atoms with E-state index in [4.69, 9.17) is 9.47 Å². The Kier molecular flexibility index (Phi) is 6.63. The molecule has 1 amide bonds. The first-order chi connectivity index (χ1) is 10.3. The van der Waals surface area contributed by atoms with Crippen LogP contribution in [0, 0.1) is 20.8 Å². The second kappa shape index (κ2) is 8.22. The van der Waals surface area contributed by atoms with Crippen LogP contribution in [0.1, 0.15) is 23.6 Å². The SMILES string of the molecule is C=CCNC(=O)[C@H](C)OC(=O)COc1c(C)cc(C)cc1C. The molecule has 1 N–H and O–H groups in total. The topological polar surface area (TPSA) is 64.6 Å². The van der Waals surface area contributed by atoms with E-state index in [1.54, 1.807) is 6.08 Å². The molecule has 0 heterocycles. The third-order valence-corrected chi connectivity index (χ3v) is 3.04. The highest BCUT2D eigenvalue weighted by Gasteiger charge is 2.18. The van der Waals surface area contributed by atoms with Gasteiger partial charge in [-0.1, -0.05) is 23.8 Å². The smallest absolute Gasteiger partial charge is 0.344 e. The number of rotatable bonds is 7. The van der Waals surface area contributed by atoms with Crippen molar-refractivity contribution in [1.82, 2.24) is 5.32 Å². The average Bonchev–Trinajstić information content (AvgIpc) is 2.43. The standard InChI is InChI=1S/C17H23NO4/c1-6-7-18-17(20)14(5)22-15(19)10-21-16-12(3)8-11(2)9-13(16)4/h6,8-9,14H,1,7,10H2,2-5H3,(H,18,20)/t14-/m0/s1. The number of aryl methyl sites for hydroxylation is 3. The van der Waals surface area contributed by atoms with E-state index in [0.717, 1.165) is 16.7 Å². The van der Waals surface area contributed by atoms with Crippen LogP contribution in [0.15, 0.2) is 24.8 Å². The average molecular weight is 305 g/mol. The van der Waals surface area contributed by atoms with Gasteiger partial charge in [-0.15, -0.1) is 6.58 Å². The van der Waals surface area contributed by atoms with Crippen LogP contribution in [0.25, 0.3) is 0 Å². The van der Waals surface area contributed by atoms with Gasteiger partial charge in [-0.25, -0.2) is 4.79 Å². The molecule has 0 spiro atoms. The summed E-state index contributed by atoms with van der Waals surface area (Å²) in [5, 5.41) is 2.56. The van der Waals surface area contributed by atoms with E-state index < -0.39 is 12.1 Å². The molecule has 1 atom stereocenters. The summed E-state index contributed by atoms with van der Waals surface area (Å²) in [5.74, 6) is -0.275. The molecule has 0 bridgehead atoms. The highest BCUT2D eigenvalue weighted by atomic mass is 16.6. The first kappa shape index (κ1) is 17.8. The number of carbonyl (C=O) groups excluding carboxylic acids is 2. The molecule has 1 aromatic carbocycles. The van der Waals surface area contributed by atoms with Crippen LogP contribution >= 0.6 is 0 Å². The lowest BCUT2D eigenvalue weighted by atomic mass is 10.1. The van der Waals surface area contributed by atoms with Crippen molar-refractivity contribution in [3.63, 3.8) is 0 Å². The Hall–Kier alpha value is -2.30. The molecule has 22 heavy (non-hydrogen) atoms. The maximum atomic E-state index is 11.7. The summed E-state index contributed by atoms with van der Waals surface area (Å²) < 4.78 is 10.5. The highest BCUT2D eigenvalue weighted by molar-refractivity contribution is 5.83. The van der Waals surface area contributed by atoms with Gasteiger partial charge in [0.25, 0.3) is 5.91 Å². The summed E-state index contributed by atoms with van der Waals surface area (Å²) in [4.78, 5) is 23.3. The summed E-state index contributed by atoms with van der Waals surface area (Å²) in [6, 6.07) is 3.97. The van der Waals surface area contributed by atoms with Gasteiger partial charge < -0.3 is 14.8 Å². The van der Waals surface area contributed by atoms with E-state index in [-0.39, 0.29) is 12.5 Å². The van der Waals surface area contributed by atoms with Crippen molar-refractivity contribution in [2.45, 2.75) is 33.8 Å². The van der Waals surface area contributed by atoms with Crippen LogP contribution in [0.4, 0.5) is 0 Å². The molecule has 0 saturated carbocycles. The Balaban J connectivity index is 2.53. The number of nitrogens with one attached hydrogen (secondary N) is 1. The fourth-order valence-electron chi connectivity index (χ4n) is 2.13. The van der Waals surface area contributed by atoms with E-state index in [0.29, 0.717) is 12.3 Å². The summed E-state index contributed by atoms with van der Waals surface area (Å²) in [6.45, 7) is 11.0. The predicted octanol–water partition coefficient (Wildman–Crippen LogP) is 2.22. The minimum atomic E-state index is -0.865. The van der Waals surface area contributed by atoms with Crippen molar-refractivity contribution in [3.05, 3.63) is 41.5 Å². The van der Waals surface area contributed by atoms with Crippen LogP contribution in [-0.4, -0.2) is 31.1 Å². The Bertz CT molecular complexity index is 543. The zero-order chi connectivity index (χ0) is 16.7. The van der Waals surface area contributed by atoms with Gasteiger partial charge in [0.15, 0.2) is 12.7 Å². The van der Waals surface area contributed by atoms with Gasteiger partial charge in [0.05, 0.1) is 0 Å². The normalized spacial score (nSPS) is 11.5. The lowest BCUT2D eigenvalue weighted by Crippen LogP contribution is -2.36. The maximum absolute atomic E-state index is 11.7. The maximum Gasteiger partial charge on any atom is 0.344 e. The molecule has 0 aliphatic rings. The summed E-state index contributed by atoms with van der Waals surface area (Å²) in [5.41, 5.74) is 3.06. The second-order valence-corrected chi connectivity index (χ2v) is 5.18. The van der Waals surface area contributed by atoms with E-state index in [1.807, 2.05) is 32.9 Å². The minimum absolute atomic E-state index is 0.232. The largest absolute Gasteiger partial charge is 0.481 e. The molecule has 0 aromatic heterocycles. The number of benzene rings is 1. The third kappa shape index (κ3) is 5.24. The Labute approximate surface area is 131 Å². The molecule has 0 fully saturated rings. The summed E-state index contributed by atoms with van der Waals surface area (Å²) in [7, 11) is 0. The van der Waals surface area contributed by atoms with Crippen molar-refractivity contribution in [2.75, 3.05) is 13.2 Å². The molecular weight excluding hydrogens is 282 g/mol. The van der Waals surface area contributed by atoms with Gasteiger partial charge in [-0.3, -0.25) is 4.79 Å². The van der Waals surface area contributed by atoms with Crippen molar-refractivity contribution >= 4 is 11.9 Å². The molecule has 0 radical (unpaired) electrons. The predicted molar refractivity (Wildman–Crippen MR) is 84.9 cm³/mol. The van der Waals surface area contributed by atoms with E-state index >= 15 is 0 Å². The summed E-state index contributed by atoms with van der Waals surface area (Å²) in [6.07, 6.45) is 0.689. The zero-order valence-corrected chi connectivity index (χ0v) is 13.6. The van der Waals surface area contributed by atoms with Crippen molar-refractivity contribution in [3.8, 4) is 5.75 Å². The molecule has 1 aromatic rings. The van der Waals surface area contributed by atoms with Gasteiger partial charge in [-0.05, 0) is 38.8 Å². The molecule has 0 saturated heterocycles. The fourth-order valence-corrected chi connectivity index (χ4v) is 2.13.